The van der Waals surface area contributed by atoms with E-state index in [4.69, 9.17) is 18.9 Å². The van der Waals surface area contributed by atoms with Crippen LogP contribution in [-0.2, 0) is 26.3 Å². The summed E-state index contributed by atoms with van der Waals surface area (Å²) in [5, 5.41) is 0. The number of likely N-dealkylation sites (tertiary alicyclic amines) is 1. The van der Waals surface area contributed by atoms with Crippen molar-refractivity contribution in [1.29, 1.82) is 0 Å². The summed E-state index contributed by atoms with van der Waals surface area (Å²) in [7, 11) is 3.33. The van der Waals surface area contributed by atoms with E-state index in [1.165, 1.54) is 11.1 Å². The molecule has 148 valence electrons. The van der Waals surface area contributed by atoms with Crippen LogP contribution in [0.2, 0.25) is 0 Å². The molecule has 1 atom stereocenters. The lowest BCUT2D eigenvalue weighted by Gasteiger charge is -2.45. The Labute approximate surface area is 160 Å². The lowest BCUT2D eigenvalue weighted by atomic mass is 9.79. The number of methoxy groups -OCH3 is 2. The van der Waals surface area contributed by atoms with Crippen LogP contribution >= 0.6 is 0 Å². The molecule has 0 aromatic heterocycles. The fourth-order valence-corrected chi connectivity index (χ4v) is 4.68. The van der Waals surface area contributed by atoms with Crippen LogP contribution in [0.15, 0.2) is 12.1 Å². The molecule has 0 bridgehead atoms. The van der Waals surface area contributed by atoms with E-state index in [0.29, 0.717) is 13.2 Å². The Balaban J connectivity index is 1.52. The molecule has 2 fully saturated rings. The molecule has 4 rings (SSSR count). The van der Waals surface area contributed by atoms with Crippen molar-refractivity contribution in [2.75, 3.05) is 47.1 Å². The number of hydrogen-bond acceptors (Lipinski definition) is 5. The molecule has 0 radical (unpaired) electrons. The topological polar surface area (TPSA) is 57.2 Å². The second kappa shape index (κ2) is 7.68. The predicted octanol–water partition coefficient (Wildman–Crippen LogP) is 2.52. The maximum atomic E-state index is 12.8. The van der Waals surface area contributed by atoms with Crippen LogP contribution in [-0.4, -0.2) is 57.9 Å². The Hall–Kier alpha value is -1.79. The number of hydrogen-bond donors (Lipinski definition) is 0. The summed E-state index contributed by atoms with van der Waals surface area (Å²) in [6.07, 6.45) is 4.42. The van der Waals surface area contributed by atoms with Gasteiger partial charge in [-0.05, 0) is 55.4 Å². The van der Waals surface area contributed by atoms with Crippen LogP contribution in [0.25, 0.3) is 0 Å². The highest BCUT2D eigenvalue weighted by molar-refractivity contribution is 5.79. The quantitative estimate of drug-likeness (QED) is 0.813. The first-order valence-corrected chi connectivity index (χ1v) is 9.93. The molecule has 6 nitrogen and oxygen atoms in total. The van der Waals surface area contributed by atoms with E-state index in [0.717, 1.165) is 63.3 Å². The zero-order chi connectivity index (χ0) is 18.9. The Bertz CT molecular complexity index is 690. The van der Waals surface area contributed by atoms with Gasteiger partial charge in [0.25, 0.3) is 0 Å². The molecule has 0 N–H and O–H groups in total. The average molecular weight is 375 g/mol. The summed E-state index contributed by atoms with van der Waals surface area (Å²) in [5.41, 5.74) is 2.13. The van der Waals surface area contributed by atoms with Crippen molar-refractivity contribution in [3.05, 3.63) is 23.3 Å². The van der Waals surface area contributed by atoms with Gasteiger partial charge >= 0.3 is 0 Å². The van der Waals surface area contributed by atoms with Gasteiger partial charge in [0.1, 0.15) is 0 Å². The monoisotopic (exact) mass is 375 g/mol. The smallest absolute Gasteiger partial charge is 0.228 e. The van der Waals surface area contributed by atoms with Crippen LogP contribution in [0.4, 0.5) is 0 Å². The molecule has 1 unspecified atom stereocenters. The Kier molecular flexibility index (Phi) is 5.28. The first-order chi connectivity index (χ1) is 13.2. The van der Waals surface area contributed by atoms with Crippen LogP contribution in [0.3, 0.4) is 0 Å². The van der Waals surface area contributed by atoms with Gasteiger partial charge in [-0.15, -0.1) is 0 Å². The van der Waals surface area contributed by atoms with E-state index in [2.05, 4.69) is 12.1 Å². The highest BCUT2D eigenvalue weighted by atomic mass is 16.5. The van der Waals surface area contributed by atoms with Crippen molar-refractivity contribution < 1.29 is 23.7 Å². The Morgan fingerprint density at radius 3 is 2.56 bits per heavy atom. The number of fused-ring (bicyclic) bond motifs is 2. The van der Waals surface area contributed by atoms with Gasteiger partial charge in [0, 0.05) is 19.7 Å². The van der Waals surface area contributed by atoms with Crippen molar-refractivity contribution in [2.24, 2.45) is 5.92 Å². The number of carbonyl (C=O) groups is 1. The highest BCUT2D eigenvalue weighted by Gasteiger charge is 2.43. The summed E-state index contributed by atoms with van der Waals surface area (Å²) in [6, 6.07) is 4.15. The van der Waals surface area contributed by atoms with E-state index in [-0.39, 0.29) is 17.4 Å². The van der Waals surface area contributed by atoms with Crippen LogP contribution in [0, 0.1) is 5.92 Å². The molecule has 6 heteroatoms. The lowest BCUT2D eigenvalue weighted by molar-refractivity contribution is -0.148. The summed E-state index contributed by atoms with van der Waals surface area (Å²) in [5.74, 6) is 1.77. The van der Waals surface area contributed by atoms with Gasteiger partial charge in [0.2, 0.25) is 5.91 Å². The van der Waals surface area contributed by atoms with Crippen molar-refractivity contribution in [2.45, 2.75) is 37.7 Å². The lowest BCUT2D eigenvalue weighted by Crippen LogP contribution is -2.50. The van der Waals surface area contributed by atoms with Gasteiger partial charge in [0.15, 0.2) is 11.5 Å². The third kappa shape index (κ3) is 3.41. The Morgan fingerprint density at radius 1 is 1.15 bits per heavy atom. The summed E-state index contributed by atoms with van der Waals surface area (Å²) < 4.78 is 22.8. The number of amides is 1. The van der Waals surface area contributed by atoms with E-state index in [1.807, 2.05) is 4.90 Å². The van der Waals surface area contributed by atoms with Crippen molar-refractivity contribution in [3.63, 3.8) is 0 Å². The summed E-state index contributed by atoms with van der Waals surface area (Å²) in [6.45, 7) is 3.50. The third-order valence-electron chi connectivity index (χ3n) is 6.24. The minimum Gasteiger partial charge on any atom is -0.493 e. The maximum absolute atomic E-state index is 12.8. The van der Waals surface area contributed by atoms with E-state index in [9.17, 15) is 4.79 Å². The minimum absolute atomic E-state index is 0.0247. The zero-order valence-corrected chi connectivity index (χ0v) is 16.3. The number of carbonyl (C=O) groups excluding carboxylic acids is 1. The van der Waals surface area contributed by atoms with E-state index >= 15 is 0 Å². The van der Waals surface area contributed by atoms with E-state index in [1.54, 1.807) is 14.2 Å². The number of rotatable bonds is 3. The SMILES string of the molecule is COc1cc2c(cc1OC)C1(CCN(C(=O)C3CCCOC3)CC1)OCC2. The summed E-state index contributed by atoms with van der Waals surface area (Å²) >= 11 is 0. The van der Waals surface area contributed by atoms with Gasteiger partial charge in [-0.2, -0.15) is 0 Å². The molecule has 0 saturated carbocycles. The van der Waals surface area contributed by atoms with Gasteiger partial charge in [-0.3, -0.25) is 4.79 Å². The number of nitrogens with zero attached hydrogens (tertiary/aromatic N) is 1. The summed E-state index contributed by atoms with van der Waals surface area (Å²) in [4.78, 5) is 14.8. The molecule has 0 aliphatic carbocycles. The maximum Gasteiger partial charge on any atom is 0.228 e. The molecule has 27 heavy (non-hydrogen) atoms. The highest BCUT2D eigenvalue weighted by Crippen LogP contribution is 2.45. The normalized spacial score (nSPS) is 24.4. The van der Waals surface area contributed by atoms with Crippen molar-refractivity contribution in [3.8, 4) is 11.5 Å². The number of ether oxygens (including phenoxy) is 4. The zero-order valence-electron chi connectivity index (χ0n) is 16.3. The molecule has 3 aliphatic heterocycles. The molecular weight excluding hydrogens is 346 g/mol. The van der Waals surface area contributed by atoms with Crippen molar-refractivity contribution in [1.82, 2.24) is 4.90 Å². The standard InChI is InChI=1S/C21H29NO5/c1-24-18-12-15-5-11-27-21(17(15)13-19(18)25-2)6-8-22(9-7-21)20(23)16-4-3-10-26-14-16/h12-13,16H,3-11,14H2,1-2H3. The van der Waals surface area contributed by atoms with Gasteiger partial charge in [-0.1, -0.05) is 0 Å². The first-order valence-electron chi connectivity index (χ1n) is 9.93. The Morgan fingerprint density at radius 2 is 1.89 bits per heavy atom. The third-order valence-corrected chi connectivity index (χ3v) is 6.24. The molecule has 1 amide bonds. The van der Waals surface area contributed by atoms with Crippen LogP contribution < -0.4 is 9.47 Å². The van der Waals surface area contributed by atoms with Gasteiger partial charge in [-0.25, -0.2) is 0 Å². The molecular formula is C21H29NO5. The fraction of sp³-hybridized carbons (Fsp3) is 0.667. The van der Waals surface area contributed by atoms with E-state index < -0.39 is 0 Å². The molecule has 3 aliphatic rings. The number of benzene rings is 1. The largest absolute Gasteiger partial charge is 0.493 e. The van der Waals surface area contributed by atoms with Crippen LogP contribution in [0.1, 0.15) is 36.8 Å². The molecule has 1 aromatic rings. The predicted molar refractivity (Wildman–Crippen MR) is 100 cm³/mol. The molecule has 3 heterocycles. The fourth-order valence-electron chi connectivity index (χ4n) is 4.68. The number of piperidine rings is 1. The van der Waals surface area contributed by atoms with Gasteiger partial charge in [0.05, 0.1) is 39.0 Å². The van der Waals surface area contributed by atoms with Gasteiger partial charge < -0.3 is 23.8 Å². The molecule has 2 saturated heterocycles. The second-order valence-corrected chi connectivity index (χ2v) is 7.70. The second-order valence-electron chi connectivity index (χ2n) is 7.70. The first kappa shape index (κ1) is 18.6. The average Bonchev–Trinajstić information content (AvgIpc) is 2.74. The molecule has 1 aromatic carbocycles. The molecule has 1 spiro atoms. The van der Waals surface area contributed by atoms with Crippen molar-refractivity contribution >= 4 is 5.91 Å². The van der Waals surface area contributed by atoms with Crippen LogP contribution in [0.5, 0.6) is 11.5 Å². The minimum atomic E-state index is -0.326.